The molecule has 0 spiro atoms. The average molecular weight is 262 g/mol. The smallest absolute Gasteiger partial charge is 0.372 e. The fourth-order valence-electron chi connectivity index (χ4n) is 2.01. The monoisotopic (exact) mass is 262 g/mol. The molecule has 0 radical (unpaired) electrons. The summed E-state index contributed by atoms with van der Waals surface area (Å²) in [6, 6.07) is 3.23. The molecule has 0 aliphatic carbocycles. The minimum atomic E-state index is -1.13. The Balaban J connectivity index is 2.60. The van der Waals surface area contributed by atoms with Crippen molar-refractivity contribution in [3.63, 3.8) is 0 Å². The molecule has 2 rings (SSSR count). The summed E-state index contributed by atoms with van der Waals surface area (Å²) in [4.78, 5) is 10.9. The van der Waals surface area contributed by atoms with Crippen molar-refractivity contribution >= 4 is 5.97 Å². The van der Waals surface area contributed by atoms with E-state index in [0.29, 0.717) is 22.4 Å². The lowest BCUT2D eigenvalue weighted by atomic mass is 10.0. The Morgan fingerprint density at radius 2 is 1.95 bits per heavy atom. The van der Waals surface area contributed by atoms with Gasteiger partial charge in [-0.3, -0.25) is 0 Å². The fourth-order valence-corrected chi connectivity index (χ4v) is 2.01. The molecule has 0 aliphatic heterocycles. The first kappa shape index (κ1) is 13.0. The van der Waals surface area contributed by atoms with E-state index >= 15 is 0 Å². The number of rotatable bonds is 3. The van der Waals surface area contributed by atoms with Gasteiger partial charge in [0.2, 0.25) is 5.76 Å². The van der Waals surface area contributed by atoms with E-state index in [1.165, 1.54) is 19.4 Å². The van der Waals surface area contributed by atoms with Gasteiger partial charge >= 0.3 is 5.97 Å². The first-order chi connectivity index (χ1) is 8.95. The van der Waals surface area contributed by atoms with Gasteiger partial charge in [0.15, 0.2) is 0 Å². The molecular weight excluding hydrogens is 248 g/mol. The molecule has 1 aromatic heterocycles. The van der Waals surface area contributed by atoms with Crippen molar-refractivity contribution in [2.45, 2.75) is 13.8 Å². The summed E-state index contributed by atoms with van der Waals surface area (Å²) in [5.41, 5.74) is 2.40. The number of phenols is 1. The summed E-state index contributed by atoms with van der Waals surface area (Å²) in [6.07, 6.45) is 1.33. The number of carboxylic acids is 1. The summed E-state index contributed by atoms with van der Waals surface area (Å²) in [6.45, 7) is 3.48. The predicted molar refractivity (Wildman–Crippen MR) is 68.8 cm³/mol. The lowest BCUT2D eigenvalue weighted by molar-refractivity contribution is 0.0661. The van der Waals surface area contributed by atoms with E-state index < -0.39 is 5.97 Å². The SMILES string of the molecule is COc1cc(O)c(-c2coc(C(=O)O)c2C)cc1C. The highest BCUT2D eigenvalue weighted by Gasteiger charge is 2.19. The first-order valence-electron chi connectivity index (χ1n) is 5.65. The summed E-state index contributed by atoms with van der Waals surface area (Å²) in [7, 11) is 1.52. The van der Waals surface area contributed by atoms with Crippen molar-refractivity contribution in [2.24, 2.45) is 0 Å². The Hall–Kier alpha value is -2.43. The van der Waals surface area contributed by atoms with Gasteiger partial charge in [0.1, 0.15) is 11.5 Å². The number of carboxylic acid groups (broad SMARTS) is 1. The number of carbonyl (C=O) groups is 1. The van der Waals surface area contributed by atoms with Gasteiger partial charge < -0.3 is 19.4 Å². The molecule has 1 aromatic carbocycles. The number of aromatic hydroxyl groups is 1. The molecule has 0 saturated heterocycles. The van der Waals surface area contributed by atoms with Gasteiger partial charge in [0.05, 0.1) is 13.4 Å². The third-order valence-electron chi connectivity index (χ3n) is 3.04. The van der Waals surface area contributed by atoms with Gasteiger partial charge in [-0.05, 0) is 25.5 Å². The van der Waals surface area contributed by atoms with E-state index in [1.54, 1.807) is 13.0 Å². The van der Waals surface area contributed by atoms with Crippen LogP contribution in [0.15, 0.2) is 22.8 Å². The van der Waals surface area contributed by atoms with Crippen molar-refractivity contribution in [1.82, 2.24) is 0 Å². The number of aryl methyl sites for hydroxylation is 1. The topological polar surface area (TPSA) is 79.9 Å². The summed E-state index contributed by atoms with van der Waals surface area (Å²) in [5.74, 6) is -0.666. The Labute approximate surface area is 110 Å². The zero-order valence-electron chi connectivity index (χ0n) is 10.9. The molecule has 19 heavy (non-hydrogen) atoms. The van der Waals surface area contributed by atoms with E-state index in [4.69, 9.17) is 14.3 Å². The van der Waals surface area contributed by atoms with Crippen LogP contribution in [0.5, 0.6) is 11.5 Å². The van der Waals surface area contributed by atoms with Gasteiger partial charge in [0, 0.05) is 22.8 Å². The van der Waals surface area contributed by atoms with E-state index in [0.717, 1.165) is 5.56 Å². The standard InChI is InChI=1S/C14H14O5/c1-7-4-9(11(15)5-12(7)18-3)10-6-19-13(8(10)2)14(16)17/h4-6,15H,1-3H3,(H,16,17). The molecule has 0 fully saturated rings. The number of hydrogen-bond donors (Lipinski definition) is 2. The maximum atomic E-state index is 10.9. The molecule has 5 heteroatoms. The quantitative estimate of drug-likeness (QED) is 0.888. The Kier molecular flexibility index (Phi) is 3.21. The lowest BCUT2D eigenvalue weighted by Gasteiger charge is -2.09. The minimum absolute atomic E-state index is 0.0169. The van der Waals surface area contributed by atoms with Crippen LogP contribution >= 0.6 is 0 Å². The van der Waals surface area contributed by atoms with Crippen LogP contribution in [0.2, 0.25) is 0 Å². The Bertz CT molecular complexity index is 640. The van der Waals surface area contributed by atoms with E-state index in [2.05, 4.69) is 0 Å². The molecule has 0 saturated carbocycles. The van der Waals surface area contributed by atoms with Gasteiger partial charge in [-0.15, -0.1) is 0 Å². The number of methoxy groups -OCH3 is 1. The van der Waals surface area contributed by atoms with Crippen molar-refractivity contribution < 1.29 is 24.2 Å². The van der Waals surface area contributed by atoms with Gasteiger partial charge in [-0.2, -0.15) is 0 Å². The second kappa shape index (κ2) is 4.68. The van der Waals surface area contributed by atoms with Crippen LogP contribution in [-0.4, -0.2) is 23.3 Å². The third-order valence-corrected chi connectivity index (χ3v) is 3.04. The van der Waals surface area contributed by atoms with E-state index in [1.807, 2.05) is 6.92 Å². The maximum Gasteiger partial charge on any atom is 0.372 e. The highest BCUT2D eigenvalue weighted by Crippen LogP contribution is 2.37. The number of phenolic OH excluding ortho intramolecular Hbond substituents is 1. The number of aromatic carboxylic acids is 1. The van der Waals surface area contributed by atoms with Crippen LogP contribution in [0.25, 0.3) is 11.1 Å². The summed E-state index contributed by atoms with van der Waals surface area (Å²) >= 11 is 0. The molecular formula is C14H14O5. The average Bonchev–Trinajstić information content (AvgIpc) is 2.73. The second-order valence-corrected chi connectivity index (χ2v) is 4.25. The van der Waals surface area contributed by atoms with Crippen LogP contribution < -0.4 is 4.74 Å². The molecule has 1 heterocycles. The van der Waals surface area contributed by atoms with Gasteiger partial charge in [-0.1, -0.05) is 0 Å². The largest absolute Gasteiger partial charge is 0.507 e. The summed E-state index contributed by atoms with van der Waals surface area (Å²) in [5, 5.41) is 19.0. The van der Waals surface area contributed by atoms with Crippen LogP contribution in [0, 0.1) is 13.8 Å². The van der Waals surface area contributed by atoms with Crippen LogP contribution in [0.1, 0.15) is 21.7 Å². The molecule has 0 bridgehead atoms. The maximum absolute atomic E-state index is 10.9. The molecule has 100 valence electrons. The zero-order valence-corrected chi connectivity index (χ0v) is 10.9. The molecule has 0 atom stereocenters. The minimum Gasteiger partial charge on any atom is -0.507 e. The summed E-state index contributed by atoms with van der Waals surface area (Å²) < 4.78 is 10.1. The number of benzene rings is 1. The highest BCUT2D eigenvalue weighted by atomic mass is 16.5. The van der Waals surface area contributed by atoms with Crippen LogP contribution in [0.3, 0.4) is 0 Å². The normalized spacial score (nSPS) is 10.5. The second-order valence-electron chi connectivity index (χ2n) is 4.25. The van der Waals surface area contributed by atoms with E-state index in [9.17, 15) is 9.90 Å². The third kappa shape index (κ3) is 2.14. The number of hydrogen-bond acceptors (Lipinski definition) is 4. The van der Waals surface area contributed by atoms with Crippen molar-refractivity contribution in [1.29, 1.82) is 0 Å². The Morgan fingerprint density at radius 3 is 2.47 bits per heavy atom. The first-order valence-corrected chi connectivity index (χ1v) is 5.65. The molecule has 0 amide bonds. The predicted octanol–water partition coefficient (Wildman–Crippen LogP) is 2.98. The Morgan fingerprint density at radius 1 is 1.26 bits per heavy atom. The van der Waals surface area contributed by atoms with Crippen molar-refractivity contribution in [3.8, 4) is 22.6 Å². The highest BCUT2D eigenvalue weighted by molar-refractivity contribution is 5.90. The van der Waals surface area contributed by atoms with Crippen LogP contribution in [-0.2, 0) is 0 Å². The van der Waals surface area contributed by atoms with Crippen LogP contribution in [0.4, 0.5) is 0 Å². The number of ether oxygens (including phenoxy) is 1. The number of furan rings is 1. The molecule has 0 aliphatic rings. The molecule has 5 nitrogen and oxygen atoms in total. The van der Waals surface area contributed by atoms with E-state index in [-0.39, 0.29) is 11.5 Å². The van der Waals surface area contributed by atoms with Gasteiger partial charge in [0.25, 0.3) is 0 Å². The molecule has 2 aromatic rings. The fraction of sp³-hybridized carbons (Fsp3) is 0.214. The lowest BCUT2D eigenvalue weighted by Crippen LogP contribution is -1.96. The molecule has 0 unspecified atom stereocenters. The van der Waals surface area contributed by atoms with Crippen molar-refractivity contribution in [2.75, 3.05) is 7.11 Å². The van der Waals surface area contributed by atoms with Crippen molar-refractivity contribution in [3.05, 3.63) is 35.3 Å². The zero-order chi connectivity index (χ0) is 14.2. The molecule has 2 N–H and O–H groups in total. The van der Waals surface area contributed by atoms with Gasteiger partial charge in [-0.25, -0.2) is 4.79 Å².